The van der Waals surface area contributed by atoms with Crippen LogP contribution in [0.3, 0.4) is 0 Å². The normalized spacial score (nSPS) is 14.8. The minimum atomic E-state index is -4.28. The Balaban J connectivity index is 7.99. The van der Waals surface area contributed by atoms with E-state index in [1.807, 2.05) is 0 Å². The van der Waals surface area contributed by atoms with Gasteiger partial charge in [-0.15, -0.1) is 0 Å². The third-order valence-corrected chi connectivity index (χ3v) is 27.0. The molecule has 0 saturated heterocycles. The van der Waals surface area contributed by atoms with Crippen LogP contribution in [0, 0.1) is 0 Å². The Morgan fingerprint density at radius 2 is 0.933 bits per heavy atom. The molecule has 0 fully saturated rings. The number of aliphatic carboxylic acids is 1. The zero-order chi connectivity index (χ0) is 24.5. The van der Waals surface area contributed by atoms with Crippen LogP contribution in [-0.2, 0) is 14.9 Å². The molecule has 0 aliphatic carbocycles. The quantitative estimate of drug-likeness (QED) is 0.232. The van der Waals surface area contributed by atoms with E-state index in [1.165, 1.54) is 0 Å². The van der Waals surface area contributed by atoms with E-state index in [-0.39, 0.29) is 39.7 Å². The molecule has 8 heteroatoms. The molecule has 0 aromatic heterocycles. The fraction of sp³-hybridized carbons (Fsp3) is 0.955. The first-order chi connectivity index (χ1) is 13.3. The molecule has 180 valence electrons. The summed E-state index contributed by atoms with van der Waals surface area (Å²) in [5.74, 6) is -1.31. The Bertz CT molecular complexity index is 606. The summed E-state index contributed by atoms with van der Waals surface area (Å²) in [5.41, 5.74) is 0.990. The van der Waals surface area contributed by atoms with Gasteiger partial charge in [-0.3, -0.25) is 9.35 Å². The fourth-order valence-electron chi connectivity index (χ4n) is 8.52. The van der Waals surface area contributed by atoms with Gasteiger partial charge in [0.1, 0.15) is 0 Å². The summed E-state index contributed by atoms with van der Waals surface area (Å²) in [6, 6.07) is 0. The highest BCUT2D eigenvalue weighted by Crippen LogP contribution is 2.69. The van der Waals surface area contributed by atoms with Crippen LogP contribution >= 0.6 is 0 Å². The van der Waals surface area contributed by atoms with Crippen molar-refractivity contribution in [1.29, 1.82) is 0 Å². The lowest BCUT2D eigenvalue weighted by atomic mass is 10.3. The minimum absolute atomic E-state index is 0.0166. The lowest BCUT2D eigenvalue weighted by molar-refractivity contribution is -0.139. The molecule has 0 spiro atoms. The Hall–Kier alpha value is -0.186. The van der Waals surface area contributed by atoms with Crippen LogP contribution in [0.2, 0.25) is 37.9 Å². The highest BCUT2D eigenvalue weighted by atomic mass is 32.2. The molecular formula is C22H48O5SSi2. The molecular weight excluding hydrogens is 432 g/mol. The van der Waals surface area contributed by atoms with Crippen molar-refractivity contribution in [3.63, 3.8) is 0 Å². The van der Waals surface area contributed by atoms with Crippen LogP contribution in [0.1, 0.15) is 89.5 Å². The van der Waals surface area contributed by atoms with E-state index in [0.717, 1.165) is 0 Å². The molecule has 2 N–H and O–H groups in total. The molecule has 0 rings (SSSR count). The van der Waals surface area contributed by atoms with E-state index >= 15 is 0 Å². The Morgan fingerprint density at radius 1 is 0.700 bits per heavy atom. The first kappa shape index (κ1) is 29.8. The maximum Gasteiger partial charge on any atom is 0.304 e. The van der Waals surface area contributed by atoms with Gasteiger partial charge in [-0.25, -0.2) is 0 Å². The zero-order valence-corrected chi connectivity index (χ0v) is 24.2. The number of carboxylic acids is 1. The summed E-state index contributed by atoms with van der Waals surface area (Å²) in [5, 5.41) is 11.2. The third kappa shape index (κ3) is 4.48. The van der Waals surface area contributed by atoms with Crippen molar-refractivity contribution in [2.45, 2.75) is 127 Å². The molecule has 30 heavy (non-hydrogen) atoms. The van der Waals surface area contributed by atoms with Crippen molar-refractivity contribution in [3.8, 4) is 0 Å². The average Bonchev–Trinajstić information content (AvgIpc) is 2.49. The van der Waals surface area contributed by atoms with Gasteiger partial charge < -0.3 is 5.11 Å². The van der Waals surface area contributed by atoms with Gasteiger partial charge in [0.05, 0.1) is 26.6 Å². The van der Waals surface area contributed by atoms with Gasteiger partial charge in [-0.2, -0.15) is 8.42 Å². The topological polar surface area (TPSA) is 91.7 Å². The van der Waals surface area contributed by atoms with Gasteiger partial charge in [-0.05, 0) is 39.7 Å². The van der Waals surface area contributed by atoms with E-state index in [4.69, 9.17) is 0 Å². The maximum absolute atomic E-state index is 13.7. The Morgan fingerprint density at radius 3 is 1.07 bits per heavy atom. The van der Waals surface area contributed by atoms with Gasteiger partial charge in [-0.1, -0.05) is 83.1 Å². The minimum Gasteiger partial charge on any atom is -0.481 e. The first-order valence-electron chi connectivity index (χ1n) is 11.5. The van der Waals surface area contributed by atoms with Crippen LogP contribution in [0.15, 0.2) is 0 Å². The molecule has 0 aliphatic heterocycles. The largest absolute Gasteiger partial charge is 0.481 e. The Labute approximate surface area is 188 Å². The molecule has 0 saturated carbocycles. The second kappa shape index (κ2) is 10.2. The van der Waals surface area contributed by atoms with Crippen molar-refractivity contribution >= 4 is 32.2 Å². The number of hydrogen-bond donors (Lipinski definition) is 2. The van der Waals surface area contributed by atoms with Gasteiger partial charge in [0.2, 0.25) is 0 Å². The molecule has 0 aromatic rings. The van der Waals surface area contributed by atoms with Crippen LogP contribution in [-0.4, -0.2) is 45.9 Å². The summed E-state index contributed by atoms with van der Waals surface area (Å²) in [6.07, 6.45) is 0.0166. The van der Waals surface area contributed by atoms with Crippen LogP contribution in [0.25, 0.3) is 0 Å². The molecule has 5 nitrogen and oxygen atoms in total. The summed E-state index contributed by atoms with van der Waals surface area (Å²) < 4.78 is 32.6. The van der Waals surface area contributed by atoms with Crippen LogP contribution in [0.4, 0.5) is 0 Å². The SMILES string of the molecule is CC(C)[Si](C(C)C)(C(C)C)C(CCS(=O)(=O)O)(C(=O)O)[Si](C(C)C)(C(C)C)C(C)C. The average molecular weight is 481 g/mol. The Kier molecular flexibility index (Phi) is 10.1. The molecule has 0 unspecified atom stereocenters. The third-order valence-electron chi connectivity index (χ3n) is 8.31. The smallest absolute Gasteiger partial charge is 0.304 e. The number of carboxylic acid groups (broad SMARTS) is 1. The predicted octanol–water partition coefficient (Wildman–Crippen LogP) is 6.99. The summed E-state index contributed by atoms with van der Waals surface area (Å²) in [6.45, 7) is 25.8. The lowest BCUT2D eigenvalue weighted by Gasteiger charge is -2.65. The monoisotopic (exact) mass is 480 g/mol. The van der Waals surface area contributed by atoms with Crippen LogP contribution < -0.4 is 0 Å². The number of rotatable bonds is 12. The second-order valence-electron chi connectivity index (χ2n) is 11.0. The van der Waals surface area contributed by atoms with Crippen molar-refractivity contribution in [3.05, 3.63) is 0 Å². The van der Waals surface area contributed by atoms with E-state index in [2.05, 4.69) is 83.1 Å². The molecule has 0 aliphatic rings. The lowest BCUT2D eigenvalue weighted by Crippen LogP contribution is -2.73. The summed E-state index contributed by atoms with van der Waals surface area (Å²) in [7, 11) is -9.70. The number of carbonyl (C=O) groups is 1. The second-order valence-corrected chi connectivity index (χ2v) is 25.5. The van der Waals surface area contributed by atoms with Crippen LogP contribution in [0.5, 0.6) is 0 Å². The first-order valence-corrected chi connectivity index (χ1v) is 17.6. The summed E-state index contributed by atoms with van der Waals surface area (Å²) >= 11 is 0. The molecule has 0 heterocycles. The van der Waals surface area contributed by atoms with Crippen molar-refractivity contribution in [2.24, 2.45) is 0 Å². The van der Waals surface area contributed by atoms with E-state index in [9.17, 15) is 22.9 Å². The van der Waals surface area contributed by atoms with Crippen molar-refractivity contribution < 1.29 is 22.9 Å². The van der Waals surface area contributed by atoms with Crippen molar-refractivity contribution in [2.75, 3.05) is 5.75 Å². The van der Waals surface area contributed by atoms with Gasteiger partial charge in [0.25, 0.3) is 10.1 Å². The highest BCUT2D eigenvalue weighted by Gasteiger charge is 2.73. The van der Waals surface area contributed by atoms with Gasteiger partial charge >= 0.3 is 5.97 Å². The zero-order valence-electron chi connectivity index (χ0n) is 21.4. The van der Waals surface area contributed by atoms with E-state index < -0.39 is 42.6 Å². The molecule has 0 aromatic carbocycles. The predicted molar refractivity (Wildman–Crippen MR) is 133 cm³/mol. The molecule has 0 atom stereocenters. The molecule has 0 amide bonds. The number of hydrogen-bond acceptors (Lipinski definition) is 3. The molecule has 0 radical (unpaired) electrons. The fourth-order valence-corrected chi connectivity index (χ4v) is 33.4. The van der Waals surface area contributed by atoms with Crippen molar-refractivity contribution in [1.82, 2.24) is 0 Å². The van der Waals surface area contributed by atoms with E-state index in [0.29, 0.717) is 0 Å². The van der Waals surface area contributed by atoms with Gasteiger partial charge in [0, 0.05) is 0 Å². The highest BCUT2D eigenvalue weighted by molar-refractivity contribution is 7.85. The maximum atomic E-state index is 13.7. The summed E-state index contributed by atoms with van der Waals surface area (Å²) in [4.78, 5) is 13.7. The molecule has 0 bridgehead atoms. The van der Waals surface area contributed by atoms with E-state index in [1.54, 1.807) is 0 Å². The van der Waals surface area contributed by atoms with Gasteiger partial charge in [0.15, 0.2) is 0 Å². The standard InChI is InChI=1S/C22H48O5SSi2/c1-15(2)29(16(3)4,17(5)6)22(21(23)24,13-14-28(25,26)27)30(18(7)8,19(9)10)20(11)12/h15-20H,13-14H2,1-12H3,(H,23,24)(H,25,26,27).